The lowest BCUT2D eigenvalue weighted by molar-refractivity contribution is 0.195. The molecule has 0 atom stereocenters. The average Bonchev–Trinajstić information content (AvgIpc) is 2.61. The molecule has 0 N–H and O–H groups in total. The number of hydrogen-bond acceptors (Lipinski definition) is 6. The van der Waals surface area contributed by atoms with Crippen molar-refractivity contribution in [2.45, 2.75) is 13.0 Å². The Morgan fingerprint density at radius 1 is 1.29 bits per heavy atom. The molecule has 2 aromatic rings. The summed E-state index contributed by atoms with van der Waals surface area (Å²) in [5, 5.41) is 9.10. The second-order valence-electron chi connectivity index (χ2n) is 6.00. The number of anilines is 1. The number of rotatable bonds is 5. The molecular weight excluding hydrogens is 302 g/mol. The van der Waals surface area contributed by atoms with Gasteiger partial charge in [-0.05, 0) is 12.1 Å². The summed E-state index contributed by atoms with van der Waals surface area (Å²) in [6.45, 7) is 3.15. The van der Waals surface area contributed by atoms with Gasteiger partial charge >= 0.3 is 0 Å². The van der Waals surface area contributed by atoms with Crippen molar-refractivity contribution in [3.05, 3.63) is 47.4 Å². The Balaban J connectivity index is 1.62. The molecule has 0 saturated carbocycles. The highest BCUT2D eigenvalue weighted by Crippen LogP contribution is 2.24. The van der Waals surface area contributed by atoms with E-state index in [-0.39, 0.29) is 0 Å². The summed E-state index contributed by atoms with van der Waals surface area (Å²) in [6.07, 6.45) is 2.57. The fraction of sp³-hybridized carbons (Fsp3) is 0.389. The lowest BCUT2D eigenvalue weighted by Gasteiger charge is -2.30. The second-order valence-corrected chi connectivity index (χ2v) is 6.00. The third kappa shape index (κ3) is 3.47. The zero-order valence-electron chi connectivity index (χ0n) is 14.1. The van der Waals surface area contributed by atoms with Crippen LogP contribution in [0.4, 0.5) is 5.82 Å². The Bertz CT molecular complexity index is 753. The van der Waals surface area contributed by atoms with Gasteiger partial charge in [0.15, 0.2) is 0 Å². The van der Waals surface area contributed by atoms with Crippen LogP contribution in [0.1, 0.15) is 16.8 Å². The van der Waals surface area contributed by atoms with E-state index in [1.54, 1.807) is 12.4 Å². The maximum absolute atomic E-state index is 9.10. The van der Waals surface area contributed by atoms with E-state index in [2.05, 4.69) is 20.9 Å². The van der Waals surface area contributed by atoms with Gasteiger partial charge in [-0.2, -0.15) is 5.26 Å². The van der Waals surface area contributed by atoms with Gasteiger partial charge in [0.25, 0.3) is 0 Å². The average molecular weight is 323 g/mol. The van der Waals surface area contributed by atoms with E-state index in [1.165, 1.54) is 5.56 Å². The van der Waals surface area contributed by atoms with Crippen LogP contribution in [0.3, 0.4) is 0 Å². The first-order valence-electron chi connectivity index (χ1n) is 8.03. The van der Waals surface area contributed by atoms with Crippen LogP contribution >= 0.6 is 0 Å². The lowest BCUT2D eigenvalue weighted by atomic mass is 10.1. The Morgan fingerprint density at radius 2 is 2.12 bits per heavy atom. The number of nitrogens with zero attached hydrogens (tertiary/aromatic N) is 5. The van der Waals surface area contributed by atoms with Gasteiger partial charge in [0.05, 0.1) is 11.3 Å². The molecule has 24 heavy (non-hydrogen) atoms. The van der Waals surface area contributed by atoms with Crippen molar-refractivity contribution in [3.8, 4) is 11.8 Å². The standard InChI is InChI=1S/C18H21N5O/c1-22(2)18-15-12-23(8-7-16(15)20-13-21-18)9-10-24-17-6-4-3-5-14(17)11-19/h3-6,13H,7-10,12H2,1-2H3. The SMILES string of the molecule is CN(C)c1ncnc2c1CN(CCOc1ccccc1C#N)CC2. The van der Waals surface area contributed by atoms with Gasteiger partial charge < -0.3 is 9.64 Å². The molecule has 2 heterocycles. The van der Waals surface area contributed by atoms with Crippen molar-refractivity contribution in [1.29, 1.82) is 5.26 Å². The fourth-order valence-corrected chi connectivity index (χ4v) is 2.93. The fourth-order valence-electron chi connectivity index (χ4n) is 2.93. The van der Waals surface area contributed by atoms with E-state index in [9.17, 15) is 0 Å². The van der Waals surface area contributed by atoms with Crippen LogP contribution in [0.25, 0.3) is 0 Å². The number of hydrogen-bond donors (Lipinski definition) is 0. The summed E-state index contributed by atoms with van der Waals surface area (Å²) in [5.41, 5.74) is 2.91. The van der Waals surface area contributed by atoms with E-state index in [0.717, 1.165) is 37.6 Å². The van der Waals surface area contributed by atoms with Crippen molar-refractivity contribution in [1.82, 2.24) is 14.9 Å². The molecule has 3 rings (SSSR count). The molecule has 0 fully saturated rings. The maximum Gasteiger partial charge on any atom is 0.137 e. The van der Waals surface area contributed by atoms with Crippen LogP contribution in [0.2, 0.25) is 0 Å². The van der Waals surface area contributed by atoms with Gasteiger partial charge in [-0.1, -0.05) is 12.1 Å². The first-order valence-corrected chi connectivity index (χ1v) is 8.03. The number of nitriles is 1. The molecule has 0 saturated heterocycles. The lowest BCUT2D eigenvalue weighted by Crippen LogP contribution is -2.35. The first-order chi connectivity index (χ1) is 11.7. The van der Waals surface area contributed by atoms with Crippen molar-refractivity contribution >= 4 is 5.82 Å². The van der Waals surface area contributed by atoms with Gasteiger partial charge in [0.1, 0.15) is 30.6 Å². The smallest absolute Gasteiger partial charge is 0.137 e. The van der Waals surface area contributed by atoms with Crippen LogP contribution in [0.5, 0.6) is 5.75 Å². The summed E-state index contributed by atoms with van der Waals surface area (Å²) in [7, 11) is 4.01. The minimum Gasteiger partial charge on any atom is -0.491 e. The molecule has 0 spiro atoms. The minimum atomic E-state index is 0.555. The van der Waals surface area contributed by atoms with Crippen LogP contribution in [-0.2, 0) is 13.0 Å². The van der Waals surface area contributed by atoms with Gasteiger partial charge in [0, 0.05) is 45.7 Å². The van der Waals surface area contributed by atoms with Crippen molar-refractivity contribution in [2.24, 2.45) is 0 Å². The van der Waals surface area contributed by atoms with Crippen LogP contribution in [0, 0.1) is 11.3 Å². The van der Waals surface area contributed by atoms with Crippen LogP contribution < -0.4 is 9.64 Å². The van der Waals surface area contributed by atoms with Crippen LogP contribution in [0.15, 0.2) is 30.6 Å². The molecule has 0 aliphatic carbocycles. The molecule has 0 unspecified atom stereocenters. The van der Waals surface area contributed by atoms with Crippen molar-refractivity contribution < 1.29 is 4.74 Å². The minimum absolute atomic E-state index is 0.555. The van der Waals surface area contributed by atoms with Gasteiger partial charge in [-0.3, -0.25) is 4.90 Å². The largest absolute Gasteiger partial charge is 0.491 e. The number of benzene rings is 1. The van der Waals surface area contributed by atoms with Gasteiger partial charge in [-0.25, -0.2) is 9.97 Å². The summed E-state index contributed by atoms with van der Waals surface area (Å²) in [4.78, 5) is 13.2. The highest BCUT2D eigenvalue weighted by atomic mass is 16.5. The highest BCUT2D eigenvalue weighted by Gasteiger charge is 2.21. The summed E-state index contributed by atoms with van der Waals surface area (Å²) in [5.74, 6) is 1.63. The van der Waals surface area contributed by atoms with E-state index in [0.29, 0.717) is 17.9 Å². The topological polar surface area (TPSA) is 65.3 Å². The third-order valence-corrected chi connectivity index (χ3v) is 4.15. The molecule has 0 amide bonds. The summed E-state index contributed by atoms with van der Waals surface area (Å²) >= 11 is 0. The van der Waals surface area contributed by atoms with Gasteiger partial charge in [0.2, 0.25) is 0 Å². The Morgan fingerprint density at radius 3 is 2.92 bits per heavy atom. The first kappa shape index (κ1) is 16.2. The molecule has 6 nitrogen and oxygen atoms in total. The Kier molecular flexibility index (Phi) is 4.92. The number of para-hydroxylation sites is 1. The second kappa shape index (κ2) is 7.28. The molecular formula is C18H21N5O. The molecule has 0 bridgehead atoms. The highest BCUT2D eigenvalue weighted by molar-refractivity contribution is 5.48. The number of ether oxygens (including phenoxy) is 1. The summed E-state index contributed by atoms with van der Waals surface area (Å²) in [6, 6.07) is 9.49. The monoisotopic (exact) mass is 323 g/mol. The molecule has 1 aromatic carbocycles. The molecule has 124 valence electrons. The zero-order valence-corrected chi connectivity index (χ0v) is 14.1. The third-order valence-electron chi connectivity index (χ3n) is 4.15. The zero-order chi connectivity index (χ0) is 16.9. The van der Waals surface area contributed by atoms with Crippen molar-refractivity contribution in [2.75, 3.05) is 38.7 Å². The molecule has 1 aliphatic heterocycles. The molecule has 1 aliphatic rings. The molecule has 1 aromatic heterocycles. The van der Waals surface area contributed by atoms with E-state index in [1.807, 2.05) is 37.2 Å². The Hall–Kier alpha value is -2.65. The van der Waals surface area contributed by atoms with E-state index in [4.69, 9.17) is 10.00 Å². The normalized spacial score (nSPS) is 13.9. The number of fused-ring (bicyclic) bond motifs is 1. The van der Waals surface area contributed by atoms with E-state index < -0.39 is 0 Å². The predicted molar refractivity (Wildman–Crippen MR) is 92.0 cm³/mol. The number of aromatic nitrogens is 2. The van der Waals surface area contributed by atoms with Crippen molar-refractivity contribution in [3.63, 3.8) is 0 Å². The predicted octanol–water partition coefficient (Wildman–Crippen LogP) is 1.85. The van der Waals surface area contributed by atoms with Crippen LogP contribution in [-0.4, -0.2) is 48.7 Å². The summed E-state index contributed by atoms with van der Waals surface area (Å²) < 4.78 is 5.79. The maximum atomic E-state index is 9.10. The quantitative estimate of drug-likeness (QED) is 0.837. The van der Waals surface area contributed by atoms with E-state index >= 15 is 0 Å². The van der Waals surface area contributed by atoms with Gasteiger partial charge in [-0.15, -0.1) is 0 Å². The molecule has 6 heteroatoms. The molecule has 0 radical (unpaired) electrons. The Labute approximate surface area is 142 Å².